The normalized spacial score (nSPS) is 12.2. The van der Waals surface area contributed by atoms with Gasteiger partial charge >= 0.3 is 5.97 Å². The van der Waals surface area contributed by atoms with Gasteiger partial charge in [0, 0.05) is 17.8 Å². The fourth-order valence-electron chi connectivity index (χ4n) is 2.22. The van der Waals surface area contributed by atoms with Gasteiger partial charge in [-0.25, -0.2) is 0 Å². The number of carbonyl (C=O) groups is 1. The van der Waals surface area contributed by atoms with Gasteiger partial charge in [0.25, 0.3) is 0 Å². The molecule has 0 saturated heterocycles. The molecule has 0 amide bonds. The predicted octanol–water partition coefficient (Wildman–Crippen LogP) is 3.86. The van der Waals surface area contributed by atoms with Crippen molar-refractivity contribution in [3.05, 3.63) is 64.9 Å². The summed E-state index contributed by atoms with van der Waals surface area (Å²) in [5, 5.41) is 0.709. The minimum Gasteiger partial charge on any atom is -0.455 e. The van der Waals surface area contributed by atoms with Crippen LogP contribution in [0.25, 0.3) is 0 Å². The van der Waals surface area contributed by atoms with Gasteiger partial charge < -0.3 is 4.74 Å². The van der Waals surface area contributed by atoms with Crippen molar-refractivity contribution in [1.29, 1.82) is 0 Å². The Morgan fingerprint density at radius 2 is 2.00 bits per heavy atom. The summed E-state index contributed by atoms with van der Waals surface area (Å²) >= 11 is 5.89. The minimum absolute atomic E-state index is 0.246. The maximum atomic E-state index is 12.1. The van der Waals surface area contributed by atoms with Gasteiger partial charge in [0.05, 0.1) is 12.2 Å². The molecule has 0 bridgehead atoms. The first-order chi connectivity index (χ1) is 11.1. The third-order valence-electron chi connectivity index (χ3n) is 3.53. The van der Waals surface area contributed by atoms with Crippen molar-refractivity contribution in [3.63, 3.8) is 0 Å². The van der Waals surface area contributed by atoms with Crippen molar-refractivity contribution in [1.82, 2.24) is 9.88 Å². The smallest absolute Gasteiger partial charge is 0.320 e. The molecule has 0 unspecified atom stereocenters. The predicted molar refractivity (Wildman–Crippen MR) is 91.1 cm³/mol. The van der Waals surface area contributed by atoms with Crippen LogP contribution in [-0.4, -0.2) is 28.9 Å². The first kappa shape index (κ1) is 17.4. The first-order valence-corrected chi connectivity index (χ1v) is 8.03. The summed E-state index contributed by atoms with van der Waals surface area (Å²) in [6.45, 7) is 5.54. The number of hydrogen-bond acceptors (Lipinski definition) is 4. The first-order valence-electron chi connectivity index (χ1n) is 7.65. The van der Waals surface area contributed by atoms with Gasteiger partial charge in [-0.1, -0.05) is 36.7 Å². The van der Waals surface area contributed by atoms with E-state index >= 15 is 0 Å². The molecule has 4 nitrogen and oxygen atoms in total. The van der Waals surface area contributed by atoms with Crippen LogP contribution in [0.15, 0.2) is 48.7 Å². The standard InChI is InChI=1S/C18H21ClN2O2/c1-3-21(12-15-7-9-16(19)10-8-15)13-18(22)23-14(2)17-6-4-5-11-20-17/h4-11,14H,3,12-13H2,1-2H3/t14-/m1/s1. The molecule has 0 aliphatic carbocycles. The lowest BCUT2D eigenvalue weighted by Crippen LogP contribution is -2.31. The monoisotopic (exact) mass is 332 g/mol. The summed E-state index contributed by atoms with van der Waals surface area (Å²) in [5.41, 5.74) is 1.86. The van der Waals surface area contributed by atoms with Gasteiger partial charge in [-0.05, 0) is 43.3 Å². The third kappa shape index (κ3) is 5.66. The van der Waals surface area contributed by atoms with Crippen LogP contribution in [0.2, 0.25) is 5.02 Å². The number of esters is 1. The molecule has 1 aromatic heterocycles. The summed E-state index contributed by atoms with van der Waals surface area (Å²) in [5.74, 6) is -0.251. The Bertz CT molecular complexity index is 617. The summed E-state index contributed by atoms with van der Waals surface area (Å²) < 4.78 is 5.46. The molecule has 122 valence electrons. The lowest BCUT2D eigenvalue weighted by atomic mass is 10.2. The van der Waals surface area contributed by atoms with Gasteiger partial charge in [0.15, 0.2) is 0 Å². The zero-order valence-corrected chi connectivity index (χ0v) is 14.2. The Morgan fingerprint density at radius 3 is 2.61 bits per heavy atom. The largest absolute Gasteiger partial charge is 0.455 e. The average Bonchev–Trinajstić information content (AvgIpc) is 2.57. The van der Waals surface area contributed by atoms with E-state index < -0.39 is 0 Å². The molecule has 1 heterocycles. The number of carbonyl (C=O) groups excluding carboxylic acids is 1. The number of ether oxygens (including phenoxy) is 1. The molecule has 0 radical (unpaired) electrons. The summed E-state index contributed by atoms with van der Waals surface area (Å²) in [7, 11) is 0. The number of pyridine rings is 1. The van der Waals surface area contributed by atoms with Crippen molar-refractivity contribution >= 4 is 17.6 Å². The lowest BCUT2D eigenvalue weighted by molar-refractivity contribution is -0.150. The van der Waals surface area contributed by atoms with Crippen LogP contribution in [0, 0.1) is 0 Å². The highest BCUT2D eigenvalue weighted by Crippen LogP contribution is 2.15. The molecule has 0 saturated carbocycles. The maximum absolute atomic E-state index is 12.1. The number of hydrogen-bond donors (Lipinski definition) is 0. The summed E-state index contributed by atoms with van der Waals surface area (Å²) in [4.78, 5) is 18.4. The van der Waals surface area contributed by atoms with Gasteiger partial charge in [-0.3, -0.25) is 14.7 Å². The van der Waals surface area contributed by atoms with E-state index in [0.717, 1.165) is 17.8 Å². The molecule has 0 N–H and O–H groups in total. The van der Waals surface area contributed by atoms with Gasteiger partial charge in [-0.15, -0.1) is 0 Å². The van der Waals surface area contributed by atoms with Crippen LogP contribution in [0.5, 0.6) is 0 Å². The number of likely N-dealkylation sites (N-methyl/N-ethyl adjacent to an activating group) is 1. The van der Waals surface area contributed by atoms with E-state index in [-0.39, 0.29) is 18.6 Å². The van der Waals surface area contributed by atoms with E-state index in [1.807, 2.05) is 61.2 Å². The minimum atomic E-state index is -0.349. The molecule has 5 heteroatoms. The Kier molecular flexibility index (Phi) is 6.56. The maximum Gasteiger partial charge on any atom is 0.320 e. The van der Waals surface area contributed by atoms with E-state index in [1.165, 1.54) is 0 Å². The lowest BCUT2D eigenvalue weighted by Gasteiger charge is -2.21. The second-order valence-electron chi connectivity index (χ2n) is 5.32. The van der Waals surface area contributed by atoms with E-state index in [4.69, 9.17) is 16.3 Å². The van der Waals surface area contributed by atoms with Gasteiger partial charge in [0.2, 0.25) is 0 Å². The Labute approximate surface area is 142 Å². The van der Waals surface area contributed by atoms with E-state index in [2.05, 4.69) is 4.98 Å². The second kappa shape index (κ2) is 8.65. The molecular weight excluding hydrogens is 312 g/mol. The fourth-order valence-corrected chi connectivity index (χ4v) is 2.35. The average molecular weight is 333 g/mol. The molecule has 0 fully saturated rings. The summed E-state index contributed by atoms with van der Waals surface area (Å²) in [6.07, 6.45) is 1.34. The molecule has 23 heavy (non-hydrogen) atoms. The molecule has 0 aliphatic heterocycles. The van der Waals surface area contributed by atoms with Crippen molar-refractivity contribution in [2.75, 3.05) is 13.1 Å². The summed E-state index contributed by atoms with van der Waals surface area (Å²) in [6, 6.07) is 13.2. The van der Waals surface area contributed by atoms with Crippen LogP contribution in [0.4, 0.5) is 0 Å². The highest BCUT2D eigenvalue weighted by atomic mass is 35.5. The number of halogens is 1. The molecular formula is C18H21ClN2O2. The van der Waals surface area contributed by atoms with E-state index in [1.54, 1.807) is 6.20 Å². The Balaban J connectivity index is 1.88. The van der Waals surface area contributed by atoms with Gasteiger partial charge in [0.1, 0.15) is 6.10 Å². The molecule has 1 aromatic carbocycles. The second-order valence-corrected chi connectivity index (χ2v) is 5.75. The molecule has 2 aromatic rings. The number of nitrogens with zero attached hydrogens (tertiary/aromatic N) is 2. The van der Waals surface area contributed by atoms with Crippen molar-refractivity contribution < 1.29 is 9.53 Å². The highest BCUT2D eigenvalue weighted by Gasteiger charge is 2.15. The molecule has 0 aliphatic rings. The number of rotatable bonds is 7. The van der Waals surface area contributed by atoms with E-state index in [0.29, 0.717) is 11.6 Å². The molecule has 0 spiro atoms. The number of benzene rings is 1. The third-order valence-corrected chi connectivity index (χ3v) is 3.78. The Morgan fingerprint density at radius 1 is 1.26 bits per heavy atom. The van der Waals surface area contributed by atoms with Crippen LogP contribution < -0.4 is 0 Å². The molecule has 2 rings (SSSR count). The van der Waals surface area contributed by atoms with Crippen LogP contribution >= 0.6 is 11.6 Å². The van der Waals surface area contributed by atoms with Crippen molar-refractivity contribution in [2.45, 2.75) is 26.5 Å². The topological polar surface area (TPSA) is 42.4 Å². The highest BCUT2D eigenvalue weighted by molar-refractivity contribution is 6.30. The molecule has 1 atom stereocenters. The Hall–Kier alpha value is -1.91. The SMILES string of the molecule is CCN(CC(=O)O[C@H](C)c1ccccn1)Cc1ccc(Cl)cc1. The van der Waals surface area contributed by atoms with Crippen LogP contribution in [-0.2, 0) is 16.1 Å². The van der Waals surface area contributed by atoms with Crippen molar-refractivity contribution in [2.24, 2.45) is 0 Å². The van der Waals surface area contributed by atoms with Crippen molar-refractivity contribution in [3.8, 4) is 0 Å². The van der Waals surface area contributed by atoms with Crippen LogP contribution in [0.1, 0.15) is 31.2 Å². The van der Waals surface area contributed by atoms with E-state index in [9.17, 15) is 4.79 Å². The zero-order chi connectivity index (χ0) is 16.7. The zero-order valence-electron chi connectivity index (χ0n) is 13.4. The fraction of sp³-hybridized carbons (Fsp3) is 0.333. The van der Waals surface area contributed by atoms with Gasteiger partial charge in [-0.2, -0.15) is 0 Å². The van der Waals surface area contributed by atoms with Crippen LogP contribution in [0.3, 0.4) is 0 Å². The number of aromatic nitrogens is 1. The quantitative estimate of drug-likeness (QED) is 0.722.